The second kappa shape index (κ2) is 1.95. The number of hydrogen-bond acceptors (Lipinski definition) is 2. The molecule has 0 aromatic heterocycles. The first-order chi connectivity index (χ1) is 4.77. The van der Waals surface area contributed by atoms with Gasteiger partial charge in [0.25, 0.3) is 5.91 Å². The molecule has 2 unspecified atom stereocenters. The predicted molar refractivity (Wildman–Crippen MR) is 35.5 cm³/mol. The van der Waals surface area contributed by atoms with E-state index in [0.717, 1.165) is 19.4 Å². The summed E-state index contributed by atoms with van der Waals surface area (Å²) in [5.74, 6) is 0.161. The number of ether oxygens (including phenoxy) is 1. The van der Waals surface area contributed by atoms with E-state index in [0.29, 0.717) is 6.10 Å². The lowest BCUT2D eigenvalue weighted by Crippen LogP contribution is -2.44. The Hall–Kier alpha value is -0.570. The Morgan fingerprint density at radius 1 is 1.60 bits per heavy atom. The average Bonchev–Trinajstić information content (AvgIpc) is 2.29. The highest BCUT2D eigenvalue weighted by molar-refractivity contribution is 5.81. The lowest BCUT2D eigenvalue weighted by atomic mass is 10.2. The minimum Gasteiger partial charge on any atom is -0.363 e. The fourth-order valence-corrected chi connectivity index (χ4v) is 1.66. The predicted octanol–water partition coefficient (Wildman–Crippen LogP) is 0.00600. The molecule has 0 radical (unpaired) electrons. The Kier molecular flexibility index (Phi) is 1.20. The van der Waals surface area contributed by atoms with Crippen LogP contribution in [0.1, 0.15) is 12.8 Å². The van der Waals surface area contributed by atoms with Crippen molar-refractivity contribution in [3.8, 4) is 0 Å². The molecule has 2 aliphatic heterocycles. The smallest absolute Gasteiger partial charge is 0.251 e. The highest BCUT2D eigenvalue weighted by Gasteiger charge is 2.38. The summed E-state index contributed by atoms with van der Waals surface area (Å²) in [5, 5.41) is 0. The van der Waals surface area contributed by atoms with Crippen LogP contribution in [0.15, 0.2) is 0 Å². The van der Waals surface area contributed by atoms with Crippen LogP contribution < -0.4 is 0 Å². The van der Waals surface area contributed by atoms with Crippen molar-refractivity contribution in [2.24, 2.45) is 0 Å². The first kappa shape index (κ1) is 6.16. The van der Waals surface area contributed by atoms with Crippen LogP contribution in [-0.4, -0.2) is 36.6 Å². The molecule has 2 saturated heterocycles. The highest BCUT2D eigenvalue weighted by Crippen LogP contribution is 2.25. The van der Waals surface area contributed by atoms with Crippen molar-refractivity contribution in [1.82, 2.24) is 4.90 Å². The molecule has 0 aliphatic carbocycles. The second-order valence-electron chi connectivity index (χ2n) is 3.04. The molecule has 2 fully saturated rings. The van der Waals surface area contributed by atoms with E-state index in [1.54, 1.807) is 4.90 Å². The summed E-state index contributed by atoms with van der Waals surface area (Å²) in [6.45, 7) is 0.787. The Labute approximate surface area is 60.0 Å². The molecule has 2 rings (SSSR count). The van der Waals surface area contributed by atoms with Gasteiger partial charge in [0.2, 0.25) is 0 Å². The van der Waals surface area contributed by atoms with Crippen LogP contribution in [0.25, 0.3) is 0 Å². The summed E-state index contributed by atoms with van der Waals surface area (Å²) in [6, 6.07) is 0. The minimum atomic E-state index is -0.108. The van der Waals surface area contributed by atoms with Crippen LogP contribution in [0, 0.1) is 0 Å². The number of nitrogens with zero attached hydrogens (tertiary/aromatic N) is 1. The molecule has 1 amide bonds. The molecule has 3 heteroatoms. The van der Waals surface area contributed by atoms with Crippen molar-refractivity contribution in [2.75, 3.05) is 13.6 Å². The van der Waals surface area contributed by atoms with Crippen molar-refractivity contribution < 1.29 is 9.53 Å². The number of carbonyl (C=O) groups excluding carboxylic acids is 1. The fourth-order valence-electron chi connectivity index (χ4n) is 1.66. The van der Waals surface area contributed by atoms with Crippen LogP contribution in [0.2, 0.25) is 0 Å². The van der Waals surface area contributed by atoms with Gasteiger partial charge in [-0.3, -0.25) is 4.79 Å². The Morgan fingerprint density at radius 2 is 2.40 bits per heavy atom. The topological polar surface area (TPSA) is 29.5 Å². The first-order valence-corrected chi connectivity index (χ1v) is 3.68. The fraction of sp³-hybridized carbons (Fsp3) is 0.857. The number of likely N-dealkylation sites (tertiary alicyclic amines) is 1. The Balaban J connectivity index is 2.17. The van der Waals surface area contributed by atoms with Crippen LogP contribution in [0.3, 0.4) is 0 Å². The molecule has 0 aromatic carbocycles. The Morgan fingerprint density at radius 3 is 3.20 bits per heavy atom. The third kappa shape index (κ3) is 0.736. The number of carbonyl (C=O) groups is 1. The number of fused-ring (bicyclic) bond motifs is 2. The zero-order valence-corrected chi connectivity index (χ0v) is 6.04. The van der Waals surface area contributed by atoms with Crippen LogP contribution in [-0.2, 0) is 9.53 Å². The molecule has 2 atom stereocenters. The Bertz CT molecular complexity index is 169. The van der Waals surface area contributed by atoms with E-state index in [1.165, 1.54) is 0 Å². The molecule has 0 aromatic rings. The van der Waals surface area contributed by atoms with Gasteiger partial charge in [-0.25, -0.2) is 0 Å². The summed E-state index contributed by atoms with van der Waals surface area (Å²) in [4.78, 5) is 13.0. The van der Waals surface area contributed by atoms with Gasteiger partial charge in [-0.1, -0.05) is 0 Å². The van der Waals surface area contributed by atoms with E-state index in [-0.39, 0.29) is 12.0 Å². The van der Waals surface area contributed by atoms with Gasteiger partial charge in [-0.05, 0) is 12.8 Å². The third-order valence-electron chi connectivity index (χ3n) is 2.24. The number of likely N-dealkylation sites (N-methyl/N-ethyl adjacent to an activating group) is 1. The van der Waals surface area contributed by atoms with Gasteiger partial charge in [-0.2, -0.15) is 0 Å². The molecule has 10 heavy (non-hydrogen) atoms. The lowest BCUT2D eigenvalue weighted by molar-refractivity contribution is -0.151. The largest absolute Gasteiger partial charge is 0.363 e. The summed E-state index contributed by atoms with van der Waals surface area (Å²) < 4.78 is 5.39. The highest BCUT2D eigenvalue weighted by atomic mass is 16.5. The van der Waals surface area contributed by atoms with Crippen LogP contribution >= 0.6 is 0 Å². The molecule has 2 heterocycles. The van der Waals surface area contributed by atoms with Gasteiger partial charge in [0.15, 0.2) is 0 Å². The summed E-state index contributed by atoms with van der Waals surface area (Å²) in [7, 11) is 1.84. The molecule has 0 saturated carbocycles. The van der Waals surface area contributed by atoms with Gasteiger partial charge >= 0.3 is 0 Å². The van der Waals surface area contributed by atoms with E-state index in [2.05, 4.69) is 0 Å². The molecule has 2 bridgehead atoms. The molecular weight excluding hydrogens is 130 g/mol. The monoisotopic (exact) mass is 141 g/mol. The molecular formula is C7H11NO2. The maximum absolute atomic E-state index is 11.2. The van der Waals surface area contributed by atoms with E-state index in [4.69, 9.17) is 4.74 Å². The van der Waals surface area contributed by atoms with Crippen molar-refractivity contribution in [2.45, 2.75) is 25.0 Å². The third-order valence-corrected chi connectivity index (χ3v) is 2.24. The van der Waals surface area contributed by atoms with Crippen molar-refractivity contribution >= 4 is 5.91 Å². The van der Waals surface area contributed by atoms with Gasteiger partial charge < -0.3 is 9.64 Å². The zero-order valence-electron chi connectivity index (χ0n) is 6.04. The maximum Gasteiger partial charge on any atom is 0.251 e. The minimum absolute atomic E-state index is 0.108. The van der Waals surface area contributed by atoms with Crippen LogP contribution in [0.5, 0.6) is 0 Å². The molecule has 3 nitrogen and oxygen atoms in total. The number of hydrogen-bond donors (Lipinski definition) is 0. The summed E-state index contributed by atoms with van der Waals surface area (Å²) in [5.41, 5.74) is 0. The number of rotatable bonds is 0. The van der Waals surface area contributed by atoms with Crippen molar-refractivity contribution in [3.05, 3.63) is 0 Å². The van der Waals surface area contributed by atoms with Crippen molar-refractivity contribution in [1.29, 1.82) is 0 Å². The summed E-state index contributed by atoms with van der Waals surface area (Å²) in [6.07, 6.45) is 2.20. The molecule has 0 N–H and O–H groups in total. The van der Waals surface area contributed by atoms with E-state index < -0.39 is 0 Å². The lowest BCUT2D eigenvalue weighted by Gasteiger charge is -2.28. The van der Waals surface area contributed by atoms with Gasteiger partial charge in [-0.15, -0.1) is 0 Å². The SMILES string of the molecule is CN1CC2CCC(O2)C1=O. The van der Waals surface area contributed by atoms with Crippen LogP contribution in [0.4, 0.5) is 0 Å². The normalized spacial score (nSPS) is 38.9. The quantitative estimate of drug-likeness (QED) is 0.475. The first-order valence-electron chi connectivity index (χ1n) is 3.68. The van der Waals surface area contributed by atoms with E-state index in [9.17, 15) is 4.79 Å². The van der Waals surface area contributed by atoms with Crippen molar-refractivity contribution in [3.63, 3.8) is 0 Å². The second-order valence-corrected chi connectivity index (χ2v) is 3.04. The van der Waals surface area contributed by atoms with Gasteiger partial charge in [0, 0.05) is 13.6 Å². The summed E-state index contributed by atoms with van der Waals surface area (Å²) >= 11 is 0. The van der Waals surface area contributed by atoms with E-state index in [1.807, 2.05) is 7.05 Å². The molecule has 0 spiro atoms. The van der Waals surface area contributed by atoms with Gasteiger partial charge in [0.1, 0.15) is 6.10 Å². The zero-order chi connectivity index (χ0) is 7.14. The number of amides is 1. The maximum atomic E-state index is 11.2. The standard InChI is InChI=1S/C7H11NO2/c1-8-4-5-2-3-6(10-5)7(8)9/h5-6H,2-4H2,1H3. The van der Waals surface area contributed by atoms with E-state index >= 15 is 0 Å². The number of morpholine rings is 1. The van der Waals surface area contributed by atoms with Gasteiger partial charge in [0.05, 0.1) is 6.10 Å². The molecule has 2 aliphatic rings. The average molecular weight is 141 g/mol. The molecule has 56 valence electrons.